The van der Waals surface area contributed by atoms with Crippen LogP contribution in [0, 0.1) is 25.5 Å². The van der Waals surface area contributed by atoms with E-state index in [2.05, 4.69) is 5.32 Å². The van der Waals surface area contributed by atoms with Gasteiger partial charge in [-0.25, -0.2) is 8.78 Å². The zero-order chi connectivity index (χ0) is 23.6. The lowest BCUT2D eigenvalue weighted by Crippen LogP contribution is -2.27. The predicted octanol–water partition coefficient (Wildman–Crippen LogP) is 5.94. The molecule has 0 atom stereocenters. The van der Waals surface area contributed by atoms with E-state index in [1.54, 1.807) is 18.4 Å². The van der Waals surface area contributed by atoms with Gasteiger partial charge in [0, 0.05) is 17.8 Å². The molecule has 3 aromatic rings. The van der Waals surface area contributed by atoms with Crippen molar-refractivity contribution < 1.29 is 26.7 Å². The number of hydrogen-bond donors (Lipinski definition) is 1. The van der Waals surface area contributed by atoms with Gasteiger partial charge in [-0.05, 0) is 61.2 Å². The maximum absolute atomic E-state index is 14.2. The smallest absolute Gasteiger partial charge is 0.347 e. The van der Waals surface area contributed by atoms with E-state index in [0.29, 0.717) is 17.7 Å². The van der Waals surface area contributed by atoms with Gasteiger partial charge in [0.05, 0.1) is 12.1 Å². The van der Waals surface area contributed by atoms with Crippen LogP contribution in [0.4, 0.5) is 22.0 Å². The molecule has 1 amide bonds. The second kappa shape index (κ2) is 9.14. The molecule has 3 rings (SSSR count). The number of halogens is 5. The largest absolute Gasteiger partial charge is 0.416 e. The van der Waals surface area contributed by atoms with Crippen LogP contribution in [0.1, 0.15) is 50.9 Å². The zero-order valence-corrected chi connectivity index (χ0v) is 17.9. The number of carbonyl (C=O) groups excluding carboxylic acids is 1. The third kappa shape index (κ3) is 4.69. The Kier molecular flexibility index (Phi) is 6.71. The van der Waals surface area contributed by atoms with Gasteiger partial charge in [-0.3, -0.25) is 4.79 Å². The first-order valence-corrected chi connectivity index (χ1v) is 10.1. The number of carbonyl (C=O) groups is 1. The van der Waals surface area contributed by atoms with Crippen molar-refractivity contribution in [2.75, 3.05) is 0 Å². The van der Waals surface area contributed by atoms with Crippen molar-refractivity contribution in [3.05, 3.63) is 93.3 Å². The molecule has 1 heterocycles. The summed E-state index contributed by atoms with van der Waals surface area (Å²) >= 11 is 0. The first-order valence-electron chi connectivity index (χ1n) is 10.1. The van der Waals surface area contributed by atoms with Gasteiger partial charge in [0.15, 0.2) is 0 Å². The maximum Gasteiger partial charge on any atom is 0.416 e. The zero-order valence-electron chi connectivity index (χ0n) is 17.9. The van der Waals surface area contributed by atoms with Gasteiger partial charge in [-0.2, -0.15) is 13.2 Å². The van der Waals surface area contributed by atoms with Crippen molar-refractivity contribution in [3.8, 4) is 0 Å². The van der Waals surface area contributed by atoms with Gasteiger partial charge in [-0.1, -0.05) is 25.1 Å². The van der Waals surface area contributed by atoms with Crippen molar-refractivity contribution in [3.63, 3.8) is 0 Å². The molecule has 0 aliphatic carbocycles. The lowest BCUT2D eigenvalue weighted by molar-refractivity contribution is -0.137. The molecule has 0 unspecified atom stereocenters. The number of nitrogens with zero attached hydrogens (tertiary/aromatic N) is 1. The minimum absolute atomic E-state index is 0.123. The Morgan fingerprint density at radius 2 is 1.62 bits per heavy atom. The van der Waals surface area contributed by atoms with E-state index >= 15 is 0 Å². The quantitative estimate of drug-likeness (QED) is 0.463. The fourth-order valence-corrected chi connectivity index (χ4v) is 3.92. The van der Waals surface area contributed by atoms with Crippen molar-refractivity contribution in [2.24, 2.45) is 0 Å². The van der Waals surface area contributed by atoms with E-state index in [-0.39, 0.29) is 29.9 Å². The van der Waals surface area contributed by atoms with Crippen LogP contribution in [-0.4, -0.2) is 10.5 Å². The van der Waals surface area contributed by atoms with E-state index in [9.17, 15) is 26.7 Å². The highest BCUT2D eigenvalue weighted by Gasteiger charge is 2.30. The molecule has 2 aromatic carbocycles. The third-order valence-corrected chi connectivity index (χ3v) is 5.57. The molecule has 32 heavy (non-hydrogen) atoms. The lowest BCUT2D eigenvalue weighted by Gasteiger charge is -2.14. The number of rotatable bonds is 6. The summed E-state index contributed by atoms with van der Waals surface area (Å²) in [7, 11) is 0. The molecule has 0 saturated heterocycles. The molecule has 8 heteroatoms. The van der Waals surface area contributed by atoms with Gasteiger partial charge in [0.25, 0.3) is 5.91 Å². The number of benzene rings is 2. The molecule has 0 bridgehead atoms. The highest BCUT2D eigenvalue weighted by atomic mass is 19.4. The van der Waals surface area contributed by atoms with Crippen LogP contribution >= 0.6 is 0 Å². The van der Waals surface area contributed by atoms with Gasteiger partial charge in [-0.15, -0.1) is 0 Å². The normalized spacial score (nSPS) is 11.6. The summed E-state index contributed by atoms with van der Waals surface area (Å²) in [5.41, 5.74) is 1.81. The number of nitrogens with one attached hydrogen (secondary N) is 1. The molecule has 0 fully saturated rings. The van der Waals surface area contributed by atoms with Crippen LogP contribution in [0.15, 0.2) is 42.5 Å². The molecular weight excluding hydrogens is 427 g/mol. The number of amides is 1. The summed E-state index contributed by atoms with van der Waals surface area (Å²) in [6.45, 7) is 5.13. The summed E-state index contributed by atoms with van der Waals surface area (Å²) in [5, 5.41) is 2.64. The van der Waals surface area contributed by atoms with Crippen molar-refractivity contribution in [2.45, 2.75) is 46.5 Å². The molecule has 0 spiro atoms. The summed E-state index contributed by atoms with van der Waals surface area (Å²) < 4.78 is 68.9. The molecule has 0 aliphatic heterocycles. The minimum atomic E-state index is -4.48. The lowest BCUT2D eigenvalue weighted by atomic mass is 10.1. The molecule has 0 radical (unpaired) electrons. The van der Waals surface area contributed by atoms with Gasteiger partial charge in [0.2, 0.25) is 0 Å². The Morgan fingerprint density at radius 3 is 2.22 bits per heavy atom. The minimum Gasteiger partial charge on any atom is -0.347 e. The molecule has 0 aliphatic rings. The Labute approximate surface area is 182 Å². The highest BCUT2D eigenvalue weighted by Crippen LogP contribution is 2.30. The fourth-order valence-electron chi connectivity index (χ4n) is 3.92. The standard InChI is InChI=1S/C24H23F5N2O/c1-4-18-14(2)22(31(15(18)3)13-19-20(25)9-6-10-21(19)26)23(32)30-12-16-7-5-8-17(11-16)24(27,28)29/h5-11H,4,12-13H2,1-3H3,(H,30,32). The van der Waals surface area contributed by atoms with Crippen molar-refractivity contribution in [1.82, 2.24) is 9.88 Å². The second-order valence-corrected chi connectivity index (χ2v) is 7.56. The number of hydrogen-bond acceptors (Lipinski definition) is 1. The topological polar surface area (TPSA) is 34.0 Å². The van der Waals surface area contributed by atoms with E-state index in [1.807, 2.05) is 6.92 Å². The Morgan fingerprint density at radius 1 is 1.00 bits per heavy atom. The fraction of sp³-hybridized carbons (Fsp3) is 0.292. The first-order chi connectivity index (χ1) is 15.0. The SMILES string of the molecule is CCc1c(C)c(C(=O)NCc2cccc(C(F)(F)F)c2)n(Cc2c(F)cccc2F)c1C. The summed E-state index contributed by atoms with van der Waals surface area (Å²) in [5.74, 6) is -1.97. The Hall–Kier alpha value is -3.16. The van der Waals surface area contributed by atoms with Crippen LogP contribution in [0.25, 0.3) is 0 Å². The average Bonchev–Trinajstić information content (AvgIpc) is 2.97. The molecule has 0 saturated carbocycles. The van der Waals surface area contributed by atoms with E-state index in [1.165, 1.54) is 18.2 Å². The van der Waals surface area contributed by atoms with E-state index < -0.39 is 29.3 Å². The maximum atomic E-state index is 14.2. The van der Waals surface area contributed by atoms with Crippen LogP contribution in [0.3, 0.4) is 0 Å². The highest BCUT2D eigenvalue weighted by molar-refractivity contribution is 5.95. The molecular formula is C24H23F5N2O. The summed E-state index contributed by atoms with van der Waals surface area (Å²) in [6.07, 6.45) is -3.87. The second-order valence-electron chi connectivity index (χ2n) is 7.56. The van der Waals surface area contributed by atoms with Gasteiger partial charge < -0.3 is 9.88 Å². The van der Waals surface area contributed by atoms with Gasteiger partial charge >= 0.3 is 6.18 Å². The number of alkyl halides is 3. The van der Waals surface area contributed by atoms with Crippen molar-refractivity contribution in [1.29, 1.82) is 0 Å². The Bertz CT molecular complexity index is 1130. The first kappa shape index (κ1) is 23.5. The monoisotopic (exact) mass is 450 g/mol. The molecule has 170 valence electrons. The predicted molar refractivity (Wildman–Crippen MR) is 111 cm³/mol. The molecule has 3 nitrogen and oxygen atoms in total. The van der Waals surface area contributed by atoms with Crippen LogP contribution in [-0.2, 0) is 25.7 Å². The number of aromatic nitrogens is 1. The van der Waals surface area contributed by atoms with Crippen LogP contribution < -0.4 is 5.32 Å². The van der Waals surface area contributed by atoms with E-state index in [0.717, 1.165) is 29.8 Å². The third-order valence-electron chi connectivity index (χ3n) is 5.57. The van der Waals surface area contributed by atoms with Crippen LogP contribution in [0.5, 0.6) is 0 Å². The molecule has 1 aromatic heterocycles. The van der Waals surface area contributed by atoms with Crippen LogP contribution in [0.2, 0.25) is 0 Å². The summed E-state index contributed by atoms with van der Waals surface area (Å²) in [4.78, 5) is 13.0. The Balaban J connectivity index is 1.92. The van der Waals surface area contributed by atoms with E-state index in [4.69, 9.17) is 0 Å². The average molecular weight is 450 g/mol. The van der Waals surface area contributed by atoms with Gasteiger partial charge in [0.1, 0.15) is 17.3 Å². The van der Waals surface area contributed by atoms with Crippen molar-refractivity contribution >= 4 is 5.91 Å². The molecule has 1 N–H and O–H groups in total. The summed E-state index contributed by atoms with van der Waals surface area (Å²) in [6, 6.07) is 8.26.